The number of hydrogen-bond acceptors (Lipinski definition) is 6. The Bertz CT molecular complexity index is 1230. The summed E-state index contributed by atoms with van der Waals surface area (Å²) < 4.78 is 27.0. The van der Waals surface area contributed by atoms with Crippen molar-refractivity contribution < 1.29 is 13.2 Å². The molecule has 0 spiro atoms. The minimum atomic E-state index is -3.36. The lowest BCUT2D eigenvalue weighted by molar-refractivity contribution is 0.197. The van der Waals surface area contributed by atoms with Gasteiger partial charge in [0.05, 0.1) is 17.5 Å². The number of fused-ring (bicyclic) bond motifs is 1. The first-order valence-corrected chi connectivity index (χ1v) is 12.4. The van der Waals surface area contributed by atoms with E-state index in [0.29, 0.717) is 37.9 Å². The first kappa shape index (κ1) is 21.9. The summed E-state index contributed by atoms with van der Waals surface area (Å²) in [5.74, 6) is 0.908. The van der Waals surface area contributed by atoms with Crippen LogP contribution in [0.4, 0.5) is 22.0 Å². The van der Waals surface area contributed by atoms with E-state index in [9.17, 15) is 13.2 Å². The number of sulfonamides is 1. The first-order chi connectivity index (χ1) is 15.2. The molecule has 0 bridgehead atoms. The van der Waals surface area contributed by atoms with Crippen LogP contribution in [0.1, 0.15) is 13.8 Å². The highest BCUT2D eigenvalue weighted by Crippen LogP contribution is 2.26. The molecular formula is C22H28N6O3S. The fourth-order valence-corrected chi connectivity index (χ4v) is 4.48. The Kier molecular flexibility index (Phi) is 5.96. The number of aromatic nitrogens is 2. The van der Waals surface area contributed by atoms with Crippen molar-refractivity contribution in [2.45, 2.75) is 19.9 Å². The summed E-state index contributed by atoms with van der Waals surface area (Å²) in [5, 5.41) is 4.23. The van der Waals surface area contributed by atoms with E-state index in [1.807, 2.05) is 23.1 Å². The Hall–Kier alpha value is -3.27. The molecule has 0 radical (unpaired) electrons. The molecule has 0 atom stereocenters. The number of carbonyl (C=O) groups excluding carboxylic acids is 1. The van der Waals surface area contributed by atoms with Crippen molar-refractivity contribution in [3.8, 4) is 0 Å². The molecule has 10 heteroatoms. The molecule has 3 aromatic rings. The van der Waals surface area contributed by atoms with Gasteiger partial charge in [-0.2, -0.15) is 0 Å². The van der Waals surface area contributed by atoms with Crippen LogP contribution >= 0.6 is 0 Å². The van der Waals surface area contributed by atoms with Crippen molar-refractivity contribution in [2.24, 2.45) is 0 Å². The Labute approximate surface area is 188 Å². The highest BCUT2D eigenvalue weighted by molar-refractivity contribution is 7.92. The second-order valence-corrected chi connectivity index (χ2v) is 10.0. The molecule has 3 heterocycles. The number of anilines is 3. The molecule has 2 aromatic heterocycles. The minimum absolute atomic E-state index is 0.0926. The van der Waals surface area contributed by atoms with Gasteiger partial charge in [0.2, 0.25) is 10.0 Å². The van der Waals surface area contributed by atoms with Gasteiger partial charge in [-0.1, -0.05) is 0 Å². The van der Waals surface area contributed by atoms with Gasteiger partial charge >= 0.3 is 6.03 Å². The topological polar surface area (TPSA) is 99.6 Å². The van der Waals surface area contributed by atoms with E-state index >= 15 is 0 Å². The molecule has 0 unspecified atom stereocenters. The molecule has 170 valence electrons. The lowest BCUT2D eigenvalue weighted by Crippen LogP contribution is -2.50. The average Bonchev–Trinajstić information content (AvgIpc) is 3.15. The first-order valence-electron chi connectivity index (χ1n) is 10.6. The molecule has 1 fully saturated rings. The zero-order valence-corrected chi connectivity index (χ0v) is 19.3. The van der Waals surface area contributed by atoms with Crippen LogP contribution in [0.5, 0.6) is 0 Å². The third kappa shape index (κ3) is 4.80. The number of rotatable bonds is 5. The zero-order chi connectivity index (χ0) is 22.9. The molecule has 4 rings (SSSR count). The fourth-order valence-electron chi connectivity index (χ4n) is 3.92. The number of benzene rings is 1. The van der Waals surface area contributed by atoms with Crippen LogP contribution in [0.15, 0.2) is 48.8 Å². The van der Waals surface area contributed by atoms with E-state index in [1.54, 1.807) is 35.2 Å². The average molecular weight is 457 g/mol. The second-order valence-electron chi connectivity index (χ2n) is 8.26. The quantitative estimate of drug-likeness (QED) is 0.612. The van der Waals surface area contributed by atoms with Crippen molar-refractivity contribution >= 4 is 44.1 Å². The lowest BCUT2D eigenvalue weighted by Gasteiger charge is -2.36. The molecule has 0 saturated carbocycles. The van der Waals surface area contributed by atoms with Crippen LogP contribution in [0.2, 0.25) is 0 Å². The van der Waals surface area contributed by atoms with Crippen LogP contribution < -0.4 is 14.9 Å². The predicted molar refractivity (Wildman–Crippen MR) is 128 cm³/mol. The molecule has 9 nitrogen and oxygen atoms in total. The van der Waals surface area contributed by atoms with Crippen LogP contribution in [-0.2, 0) is 10.0 Å². The van der Waals surface area contributed by atoms with Crippen LogP contribution in [0.25, 0.3) is 10.9 Å². The number of nitrogens with zero attached hydrogens (tertiary/aromatic N) is 4. The van der Waals surface area contributed by atoms with Gasteiger partial charge in [-0.25, -0.2) is 18.2 Å². The molecule has 0 aliphatic carbocycles. The highest BCUT2D eigenvalue weighted by atomic mass is 32.2. The van der Waals surface area contributed by atoms with E-state index < -0.39 is 10.0 Å². The van der Waals surface area contributed by atoms with Gasteiger partial charge in [0.15, 0.2) is 5.82 Å². The lowest BCUT2D eigenvalue weighted by atomic mass is 10.2. The van der Waals surface area contributed by atoms with Gasteiger partial charge in [-0.05, 0) is 50.2 Å². The van der Waals surface area contributed by atoms with Crippen molar-refractivity contribution in [3.05, 3.63) is 48.8 Å². The van der Waals surface area contributed by atoms with Crippen LogP contribution in [0, 0.1) is 0 Å². The van der Waals surface area contributed by atoms with E-state index in [4.69, 9.17) is 0 Å². The summed E-state index contributed by atoms with van der Waals surface area (Å²) in [5.41, 5.74) is 2.21. The molecule has 1 aliphatic heterocycles. The van der Waals surface area contributed by atoms with Gasteiger partial charge in [0, 0.05) is 55.7 Å². The van der Waals surface area contributed by atoms with E-state index in [0.717, 1.165) is 28.7 Å². The highest BCUT2D eigenvalue weighted by Gasteiger charge is 2.25. The molecule has 1 saturated heterocycles. The largest absolute Gasteiger partial charge is 0.380 e. The standard InChI is InChI=1S/C22H28N6O3S/c1-16(2)24-19-5-4-9-23-21(19)26-11-13-27(14-12-26)22(29)28-10-8-17-15-18(6-7-20(17)28)25-32(3,30)31/h4-10,15-16,24-25H,11-14H2,1-3H3. The summed E-state index contributed by atoms with van der Waals surface area (Å²) >= 11 is 0. The van der Waals surface area contributed by atoms with Crippen molar-refractivity contribution in [1.29, 1.82) is 0 Å². The van der Waals surface area contributed by atoms with Crippen LogP contribution in [0.3, 0.4) is 0 Å². The third-order valence-electron chi connectivity index (χ3n) is 5.28. The number of nitrogens with one attached hydrogen (secondary N) is 2. The van der Waals surface area contributed by atoms with Gasteiger partial charge in [0.1, 0.15) is 0 Å². The SMILES string of the molecule is CC(C)Nc1cccnc1N1CCN(C(=O)n2ccc3cc(NS(C)(=O)=O)ccc32)CC1. The Morgan fingerprint density at radius 1 is 1.09 bits per heavy atom. The maximum Gasteiger partial charge on any atom is 0.328 e. The van der Waals surface area contributed by atoms with E-state index in [-0.39, 0.29) is 6.03 Å². The van der Waals surface area contributed by atoms with Gasteiger partial charge in [-0.15, -0.1) is 0 Å². The fraction of sp³-hybridized carbons (Fsp3) is 0.364. The minimum Gasteiger partial charge on any atom is -0.380 e. The molecule has 1 amide bonds. The summed E-state index contributed by atoms with van der Waals surface area (Å²) in [6.45, 7) is 6.74. The van der Waals surface area contributed by atoms with Gasteiger partial charge in [-0.3, -0.25) is 9.29 Å². The monoisotopic (exact) mass is 456 g/mol. The van der Waals surface area contributed by atoms with Crippen LogP contribution in [-0.4, -0.2) is 67.4 Å². The molecule has 32 heavy (non-hydrogen) atoms. The number of hydrogen-bond donors (Lipinski definition) is 2. The summed E-state index contributed by atoms with van der Waals surface area (Å²) in [6.07, 6.45) is 4.63. The number of piperazine rings is 1. The molecule has 1 aromatic carbocycles. The van der Waals surface area contributed by atoms with Crippen molar-refractivity contribution in [1.82, 2.24) is 14.5 Å². The van der Waals surface area contributed by atoms with E-state index in [2.05, 4.69) is 33.8 Å². The summed E-state index contributed by atoms with van der Waals surface area (Å²) in [7, 11) is -3.36. The zero-order valence-electron chi connectivity index (χ0n) is 18.4. The Morgan fingerprint density at radius 2 is 1.84 bits per heavy atom. The number of carbonyl (C=O) groups is 1. The Morgan fingerprint density at radius 3 is 2.53 bits per heavy atom. The third-order valence-corrected chi connectivity index (χ3v) is 5.89. The van der Waals surface area contributed by atoms with Crippen molar-refractivity contribution in [3.63, 3.8) is 0 Å². The van der Waals surface area contributed by atoms with E-state index in [1.165, 1.54) is 0 Å². The summed E-state index contributed by atoms with van der Waals surface area (Å²) in [4.78, 5) is 21.8. The smallest absolute Gasteiger partial charge is 0.328 e. The molecular weight excluding hydrogens is 428 g/mol. The second kappa shape index (κ2) is 8.70. The molecule has 1 aliphatic rings. The maximum absolute atomic E-state index is 13.2. The number of pyridine rings is 1. The normalized spacial score (nSPS) is 14.8. The summed E-state index contributed by atoms with van der Waals surface area (Å²) in [6, 6.07) is 11.1. The maximum atomic E-state index is 13.2. The Balaban J connectivity index is 1.47. The van der Waals surface area contributed by atoms with Crippen molar-refractivity contribution in [2.75, 3.05) is 47.4 Å². The predicted octanol–water partition coefficient (Wildman–Crippen LogP) is 3.02. The number of amides is 1. The van der Waals surface area contributed by atoms with Gasteiger partial charge in [0.25, 0.3) is 0 Å². The molecule has 2 N–H and O–H groups in total. The van der Waals surface area contributed by atoms with Gasteiger partial charge < -0.3 is 15.1 Å².